The van der Waals surface area contributed by atoms with E-state index < -0.39 is 0 Å². The summed E-state index contributed by atoms with van der Waals surface area (Å²) in [5.74, 6) is 1.18. The summed E-state index contributed by atoms with van der Waals surface area (Å²) in [5.41, 5.74) is 2.54. The number of benzene rings is 2. The van der Waals surface area contributed by atoms with Crippen LogP contribution in [0.5, 0.6) is 0 Å². The van der Waals surface area contributed by atoms with Gasteiger partial charge in [-0.25, -0.2) is 0 Å². The van der Waals surface area contributed by atoms with Crippen LogP contribution in [0.25, 0.3) is 0 Å². The average Bonchev–Trinajstić information content (AvgIpc) is 3.11. The van der Waals surface area contributed by atoms with Crippen LogP contribution >= 0.6 is 11.8 Å². The van der Waals surface area contributed by atoms with Crippen molar-refractivity contribution >= 4 is 23.6 Å². The van der Waals surface area contributed by atoms with E-state index in [-0.39, 0.29) is 16.7 Å². The molecule has 4 rings (SSSR count). The molecule has 27 heavy (non-hydrogen) atoms. The predicted molar refractivity (Wildman–Crippen MR) is 109 cm³/mol. The van der Waals surface area contributed by atoms with Crippen LogP contribution in [0.3, 0.4) is 0 Å². The zero-order valence-corrected chi connectivity index (χ0v) is 16.4. The minimum Gasteiger partial charge on any atom is -0.338 e. The molecule has 2 fully saturated rings. The van der Waals surface area contributed by atoms with E-state index >= 15 is 0 Å². The molecule has 2 aromatic carbocycles. The third-order valence-electron chi connectivity index (χ3n) is 5.65. The fourth-order valence-corrected chi connectivity index (χ4v) is 5.54. The van der Waals surface area contributed by atoms with Gasteiger partial charge in [-0.2, -0.15) is 0 Å². The molecule has 2 saturated heterocycles. The lowest BCUT2D eigenvalue weighted by Crippen LogP contribution is -2.53. The maximum Gasteiger partial charge on any atom is 0.254 e. The zero-order chi connectivity index (χ0) is 18.9. The lowest BCUT2D eigenvalue weighted by atomic mass is 9.99. The van der Waals surface area contributed by atoms with Crippen LogP contribution in [0.1, 0.15) is 39.1 Å². The van der Waals surface area contributed by atoms with E-state index in [9.17, 15) is 9.59 Å². The van der Waals surface area contributed by atoms with Crippen molar-refractivity contribution in [1.29, 1.82) is 0 Å². The minimum absolute atomic E-state index is 0.104. The van der Waals surface area contributed by atoms with Crippen LogP contribution in [-0.2, 0) is 0 Å². The molecular formula is C22H24N2O2S. The van der Waals surface area contributed by atoms with Crippen molar-refractivity contribution in [2.75, 3.05) is 25.4 Å². The number of hydrogen-bond donors (Lipinski definition) is 0. The first kappa shape index (κ1) is 18.1. The third-order valence-corrected chi connectivity index (χ3v) is 7.20. The average molecular weight is 381 g/mol. The number of nitrogens with zero attached hydrogens (tertiary/aromatic N) is 2. The molecular weight excluding hydrogens is 356 g/mol. The van der Waals surface area contributed by atoms with Gasteiger partial charge in [0.2, 0.25) is 0 Å². The van der Waals surface area contributed by atoms with Gasteiger partial charge in [-0.1, -0.05) is 36.4 Å². The highest BCUT2D eigenvalue weighted by Crippen LogP contribution is 2.44. The van der Waals surface area contributed by atoms with Crippen LogP contribution in [0.2, 0.25) is 0 Å². The molecule has 5 heteroatoms. The predicted octanol–water partition coefficient (Wildman–Crippen LogP) is 3.82. The number of amides is 2. The van der Waals surface area contributed by atoms with Gasteiger partial charge in [0.1, 0.15) is 0 Å². The Hall–Kier alpha value is -2.27. The monoisotopic (exact) mass is 380 g/mol. The van der Waals surface area contributed by atoms with Crippen LogP contribution in [-0.4, -0.2) is 51.9 Å². The van der Waals surface area contributed by atoms with Crippen LogP contribution in [0, 0.1) is 6.92 Å². The lowest BCUT2D eigenvalue weighted by Gasteiger charge is -2.44. The SMILES string of the molecule is Cc1ccccc1C(=O)N1CCC2(CC1)SCCN2C(=O)c1ccccc1. The summed E-state index contributed by atoms with van der Waals surface area (Å²) in [6.07, 6.45) is 1.65. The van der Waals surface area contributed by atoms with Gasteiger partial charge in [0.15, 0.2) is 0 Å². The largest absolute Gasteiger partial charge is 0.338 e. The summed E-state index contributed by atoms with van der Waals surface area (Å²) in [4.78, 5) is 29.7. The van der Waals surface area contributed by atoms with E-state index in [1.54, 1.807) is 0 Å². The fourth-order valence-electron chi connectivity index (χ4n) is 4.09. The highest BCUT2D eigenvalue weighted by atomic mass is 32.2. The number of rotatable bonds is 2. The smallest absolute Gasteiger partial charge is 0.254 e. The molecule has 2 aromatic rings. The highest BCUT2D eigenvalue weighted by molar-refractivity contribution is 8.00. The molecule has 2 heterocycles. The molecule has 2 amide bonds. The van der Waals surface area contributed by atoms with Crippen molar-refractivity contribution < 1.29 is 9.59 Å². The second-order valence-electron chi connectivity index (χ2n) is 7.22. The molecule has 0 aliphatic carbocycles. The number of thioether (sulfide) groups is 1. The van der Waals surface area contributed by atoms with Gasteiger partial charge < -0.3 is 9.80 Å². The molecule has 0 unspecified atom stereocenters. The molecule has 0 radical (unpaired) electrons. The Morgan fingerprint density at radius 3 is 2.26 bits per heavy atom. The van der Waals surface area contributed by atoms with Crippen molar-refractivity contribution in [1.82, 2.24) is 9.80 Å². The summed E-state index contributed by atoms with van der Waals surface area (Å²) in [5, 5.41) is 0. The molecule has 2 aliphatic heterocycles. The van der Waals surface area contributed by atoms with Crippen molar-refractivity contribution in [3.63, 3.8) is 0 Å². The van der Waals surface area contributed by atoms with Crippen LogP contribution in [0.15, 0.2) is 54.6 Å². The first-order valence-electron chi connectivity index (χ1n) is 9.47. The summed E-state index contributed by atoms with van der Waals surface area (Å²) < 4.78 is 0. The number of carbonyl (C=O) groups excluding carboxylic acids is 2. The van der Waals surface area contributed by atoms with Gasteiger partial charge >= 0.3 is 0 Å². The Balaban J connectivity index is 1.48. The first-order valence-corrected chi connectivity index (χ1v) is 10.5. The molecule has 0 bridgehead atoms. The second kappa shape index (κ2) is 7.39. The van der Waals surface area contributed by atoms with E-state index in [0.29, 0.717) is 13.1 Å². The van der Waals surface area contributed by atoms with E-state index in [2.05, 4.69) is 0 Å². The minimum atomic E-state index is -0.171. The fraction of sp³-hybridized carbons (Fsp3) is 0.364. The quantitative estimate of drug-likeness (QED) is 0.795. The van der Waals surface area contributed by atoms with Crippen LogP contribution in [0.4, 0.5) is 0 Å². The first-order chi connectivity index (χ1) is 13.1. The lowest BCUT2D eigenvalue weighted by molar-refractivity contribution is 0.0497. The van der Waals surface area contributed by atoms with Gasteiger partial charge in [0, 0.05) is 36.5 Å². The Kier molecular flexibility index (Phi) is 4.96. The number of carbonyl (C=O) groups is 2. The molecule has 140 valence electrons. The van der Waals surface area contributed by atoms with Gasteiger partial charge in [0.05, 0.1) is 4.87 Å². The summed E-state index contributed by atoms with van der Waals surface area (Å²) in [6.45, 7) is 4.15. The number of likely N-dealkylation sites (tertiary alicyclic amines) is 1. The van der Waals surface area contributed by atoms with E-state index in [1.807, 2.05) is 83.1 Å². The number of piperidine rings is 1. The van der Waals surface area contributed by atoms with Gasteiger partial charge in [0.25, 0.3) is 11.8 Å². The Bertz CT molecular complexity index is 844. The maximum atomic E-state index is 13.0. The molecule has 1 spiro atoms. The molecule has 4 nitrogen and oxygen atoms in total. The Morgan fingerprint density at radius 2 is 1.56 bits per heavy atom. The molecule has 0 saturated carbocycles. The highest BCUT2D eigenvalue weighted by Gasteiger charge is 2.47. The summed E-state index contributed by atoms with van der Waals surface area (Å²) in [6, 6.07) is 17.3. The zero-order valence-electron chi connectivity index (χ0n) is 15.6. The maximum absolute atomic E-state index is 13.0. The normalized spacial score (nSPS) is 18.7. The summed E-state index contributed by atoms with van der Waals surface area (Å²) >= 11 is 1.88. The Morgan fingerprint density at radius 1 is 0.889 bits per heavy atom. The topological polar surface area (TPSA) is 40.6 Å². The van der Waals surface area contributed by atoms with Crippen molar-refractivity contribution in [3.8, 4) is 0 Å². The van der Waals surface area contributed by atoms with E-state index in [1.165, 1.54) is 0 Å². The summed E-state index contributed by atoms with van der Waals surface area (Å²) in [7, 11) is 0. The molecule has 2 aliphatic rings. The van der Waals surface area contributed by atoms with Crippen molar-refractivity contribution in [2.45, 2.75) is 24.6 Å². The van der Waals surface area contributed by atoms with E-state index in [4.69, 9.17) is 0 Å². The van der Waals surface area contributed by atoms with Gasteiger partial charge in [-0.05, 0) is 43.5 Å². The third kappa shape index (κ3) is 3.36. The van der Waals surface area contributed by atoms with Gasteiger partial charge in [-0.15, -0.1) is 11.8 Å². The molecule has 0 aromatic heterocycles. The second-order valence-corrected chi connectivity index (χ2v) is 8.68. The van der Waals surface area contributed by atoms with E-state index in [0.717, 1.165) is 41.8 Å². The van der Waals surface area contributed by atoms with Crippen LogP contribution < -0.4 is 0 Å². The molecule has 0 atom stereocenters. The molecule has 0 N–H and O–H groups in total. The Labute approximate surface area is 164 Å². The standard InChI is InChI=1S/C22H24N2O2S/c1-17-7-5-6-10-19(17)21(26)23-13-11-22(12-14-23)24(15-16-27-22)20(25)18-8-3-2-4-9-18/h2-10H,11-16H2,1H3. The van der Waals surface area contributed by atoms with Gasteiger partial charge in [-0.3, -0.25) is 9.59 Å². The van der Waals surface area contributed by atoms with Crippen molar-refractivity contribution in [3.05, 3.63) is 71.3 Å². The van der Waals surface area contributed by atoms with Crippen molar-refractivity contribution in [2.24, 2.45) is 0 Å². The number of hydrogen-bond acceptors (Lipinski definition) is 3. The number of aryl methyl sites for hydroxylation is 1.